The summed E-state index contributed by atoms with van der Waals surface area (Å²) in [5.74, 6) is -0.406. The molecule has 2 bridgehead atoms. The van der Waals surface area contributed by atoms with Crippen LogP contribution >= 0.6 is 0 Å². The molecule has 21 heavy (non-hydrogen) atoms. The minimum Gasteiger partial charge on any atom is -0.481 e. The molecule has 1 fully saturated rings. The number of rotatable bonds is 7. The predicted molar refractivity (Wildman–Crippen MR) is 80.9 cm³/mol. The summed E-state index contributed by atoms with van der Waals surface area (Å²) in [6.07, 6.45) is 6.55. The monoisotopic (exact) mass is 314 g/mol. The molecule has 0 aromatic heterocycles. The van der Waals surface area contributed by atoms with Crippen molar-refractivity contribution in [1.82, 2.24) is 0 Å². The fourth-order valence-electron chi connectivity index (χ4n) is 4.68. The highest BCUT2D eigenvalue weighted by atomic mass is 28.4. The Hall–Kier alpha value is -0.693. The lowest BCUT2D eigenvalue weighted by molar-refractivity contribution is -0.153. The number of carboxylic acid groups (broad SMARTS) is 1. The van der Waals surface area contributed by atoms with Crippen molar-refractivity contribution < 1.29 is 23.2 Å². The van der Waals surface area contributed by atoms with Crippen LogP contribution in [0.4, 0.5) is 0 Å². The second kappa shape index (κ2) is 5.50. The molecule has 4 atom stereocenters. The highest BCUT2D eigenvalue weighted by Crippen LogP contribution is 2.68. The van der Waals surface area contributed by atoms with E-state index >= 15 is 0 Å². The average molecular weight is 314 g/mol. The van der Waals surface area contributed by atoms with Crippen molar-refractivity contribution in [3.05, 3.63) is 12.2 Å². The summed E-state index contributed by atoms with van der Waals surface area (Å²) in [6.45, 7) is 3.92. The third-order valence-corrected chi connectivity index (χ3v) is 9.23. The maximum absolute atomic E-state index is 12.0. The predicted octanol–water partition coefficient (Wildman–Crippen LogP) is 2.70. The second-order valence-corrected chi connectivity index (χ2v) is 9.51. The van der Waals surface area contributed by atoms with Crippen LogP contribution < -0.4 is 0 Å². The Bertz CT molecular complexity index is 439. The molecule has 0 spiro atoms. The van der Waals surface area contributed by atoms with Crippen molar-refractivity contribution >= 4 is 14.8 Å². The summed E-state index contributed by atoms with van der Waals surface area (Å²) in [7, 11) is 1.87. The molecular weight excluding hydrogens is 288 g/mol. The van der Waals surface area contributed by atoms with E-state index in [1.807, 2.05) is 6.92 Å². The summed E-state index contributed by atoms with van der Waals surface area (Å²) in [5.41, 5.74) is -1.30. The summed E-state index contributed by atoms with van der Waals surface area (Å²) in [4.78, 5) is 12.0. The summed E-state index contributed by atoms with van der Waals surface area (Å²) >= 11 is 0. The Morgan fingerprint density at radius 1 is 1.33 bits per heavy atom. The molecule has 1 saturated carbocycles. The molecule has 120 valence electrons. The number of carboxylic acids is 1. The molecule has 0 aromatic rings. The van der Waals surface area contributed by atoms with Crippen LogP contribution in [0.25, 0.3) is 0 Å². The van der Waals surface area contributed by atoms with Crippen molar-refractivity contribution in [3.8, 4) is 0 Å². The molecule has 4 unspecified atom stereocenters. The SMILES string of the molecule is CCC(C12C=CC(CC1(C)C(=O)O)C2)[Si](OC)(OC)OC. The van der Waals surface area contributed by atoms with Gasteiger partial charge in [-0.1, -0.05) is 19.1 Å². The van der Waals surface area contributed by atoms with E-state index in [9.17, 15) is 9.90 Å². The molecule has 0 saturated heterocycles. The molecule has 0 radical (unpaired) electrons. The third-order valence-electron chi connectivity index (χ3n) is 5.75. The van der Waals surface area contributed by atoms with E-state index in [-0.39, 0.29) is 5.54 Å². The van der Waals surface area contributed by atoms with E-state index in [1.54, 1.807) is 21.3 Å². The van der Waals surface area contributed by atoms with E-state index in [4.69, 9.17) is 13.3 Å². The van der Waals surface area contributed by atoms with Crippen LogP contribution in [0, 0.1) is 16.7 Å². The number of hydrogen-bond donors (Lipinski definition) is 1. The Kier molecular flexibility index (Phi) is 4.37. The zero-order valence-electron chi connectivity index (χ0n) is 13.5. The lowest BCUT2D eigenvalue weighted by Crippen LogP contribution is -2.57. The lowest BCUT2D eigenvalue weighted by Gasteiger charge is -2.48. The number of carbonyl (C=O) groups is 1. The molecule has 0 aliphatic heterocycles. The van der Waals surface area contributed by atoms with Gasteiger partial charge in [-0.2, -0.15) is 0 Å². The van der Waals surface area contributed by atoms with Crippen LogP contribution in [-0.2, 0) is 18.1 Å². The van der Waals surface area contributed by atoms with Gasteiger partial charge in [0.1, 0.15) is 0 Å². The van der Waals surface area contributed by atoms with Crippen molar-refractivity contribution in [2.24, 2.45) is 16.7 Å². The van der Waals surface area contributed by atoms with Gasteiger partial charge in [-0.05, 0) is 32.1 Å². The number of aliphatic carboxylic acids is 1. The molecule has 5 nitrogen and oxygen atoms in total. The fourth-order valence-corrected chi connectivity index (χ4v) is 7.69. The van der Waals surface area contributed by atoms with Crippen molar-refractivity contribution in [2.75, 3.05) is 21.3 Å². The van der Waals surface area contributed by atoms with Crippen LogP contribution in [0.5, 0.6) is 0 Å². The van der Waals surface area contributed by atoms with Gasteiger partial charge in [0, 0.05) is 32.3 Å². The first-order chi connectivity index (χ1) is 9.85. The smallest absolute Gasteiger partial charge is 0.481 e. The molecule has 1 N–H and O–H groups in total. The van der Waals surface area contributed by atoms with Gasteiger partial charge in [-0.15, -0.1) is 0 Å². The summed E-state index contributed by atoms with van der Waals surface area (Å²) < 4.78 is 17.1. The first-order valence-electron chi connectivity index (χ1n) is 7.44. The number of hydrogen-bond acceptors (Lipinski definition) is 4. The molecule has 2 aliphatic rings. The van der Waals surface area contributed by atoms with Crippen LogP contribution in [-0.4, -0.2) is 41.2 Å². The van der Waals surface area contributed by atoms with E-state index < -0.39 is 25.6 Å². The minimum atomic E-state index is -2.93. The van der Waals surface area contributed by atoms with Crippen LogP contribution in [0.2, 0.25) is 5.54 Å². The highest BCUT2D eigenvalue weighted by molar-refractivity contribution is 6.62. The Balaban J connectivity index is 2.54. The van der Waals surface area contributed by atoms with Crippen molar-refractivity contribution in [1.29, 1.82) is 0 Å². The van der Waals surface area contributed by atoms with Crippen LogP contribution in [0.3, 0.4) is 0 Å². The second-order valence-electron chi connectivity index (χ2n) is 6.38. The van der Waals surface area contributed by atoms with E-state index in [1.165, 1.54) is 0 Å². The maximum Gasteiger partial charge on any atom is 0.504 e. The van der Waals surface area contributed by atoms with Crippen molar-refractivity contribution in [3.63, 3.8) is 0 Å². The topological polar surface area (TPSA) is 65.0 Å². The van der Waals surface area contributed by atoms with Crippen molar-refractivity contribution in [2.45, 2.75) is 38.7 Å². The lowest BCUT2D eigenvalue weighted by atomic mass is 9.63. The van der Waals surface area contributed by atoms with E-state index in [0.29, 0.717) is 12.3 Å². The molecule has 2 aliphatic carbocycles. The van der Waals surface area contributed by atoms with E-state index in [0.717, 1.165) is 12.8 Å². The maximum atomic E-state index is 12.0. The Morgan fingerprint density at radius 2 is 1.90 bits per heavy atom. The first-order valence-corrected chi connectivity index (χ1v) is 9.24. The quantitative estimate of drug-likeness (QED) is 0.578. The van der Waals surface area contributed by atoms with Crippen LogP contribution in [0.15, 0.2) is 12.2 Å². The molecule has 0 amide bonds. The fraction of sp³-hybridized carbons (Fsp3) is 0.800. The van der Waals surface area contributed by atoms with Gasteiger partial charge < -0.3 is 18.4 Å². The van der Waals surface area contributed by atoms with Gasteiger partial charge in [0.05, 0.1) is 5.41 Å². The Labute approximate surface area is 127 Å². The van der Waals surface area contributed by atoms with Gasteiger partial charge in [0.2, 0.25) is 0 Å². The summed E-state index contributed by atoms with van der Waals surface area (Å²) in [6, 6.07) is 0. The van der Waals surface area contributed by atoms with E-state index in [2.05, 4.69) is 19.1 Å². The van der Waals surface area contributed by atoms with Gasteiger partial charge in [0.15, 0.2) is 0 Å². The largest absolute Gasteiger partial charge is 0.504 e. The normalized spacial score (nSPS) is 36.1. The van der Waals surface area contributed by atoms with Gasteiger partial charge >= 0.3 is 14.8 Å². The third kappa shape index (κ3) is 2.04. The first kappa shape index (κ1) is 16.7. The zero-order chi connectivity index (χ0) is 15.9. The van der Waals surface area contributed by atoms with Gasteiger partial charge in [0.25, 0.3) is 0 Å². The zero-order valence-corrected chi connectivity index (χ0v) is 14.5. The minimum absolute atomic E-state index is 0.0603. The highest BCUT2D eigenvalue weighted by Gasteiger charge is 2.69. The van der Waals surface area contributed by atoms with Gasteiger partial charge in [-0.25, -0.2) is 0 Å². The van der Waals surface area contributed by atoms with Gasteiger partial charge in [-0.3, -0.25) is 4.79 Å². The molecule has 2 rings (SSSR count). The molecular formula is C15H26O5Si. The molecule has 0 aromatic carbocycles. The molecule has 0 heterocycles. The molecule has 6 heteroatoms. The number of allylic oxidation sites excluding steroid dienone is 2. The Morgan fingerprint density at radius 3 is 2.29 bits per heavy atom. The average Bonchev–Trinajstić information content (AvgIpc) is 3.01. The standard InChI is InChI=1S/C15H26O5Si/c1-6-12(21(18-3,19-4)20-5)15-8-7-11(10-15)9-14(15,2)13(16)17/h7-8,11-12H,6,9-10H2,1-5H3,(H,16,17). The van der Waals surface area contributed by atoms with Crippen LogP contribution in [0.1, 0.15) is 33.1 Å². The number of fused-ring (bicyclic) bond motifs is 2. The summed E-state index contributed by atoms with van der Waals surface area (Å²) in [5, 5.41) is 9.85.